The number of hydrogen-bond acceptors (Lipinski definition) is 5. The van der Waals surface area contributed by atoms with Crippen LogP contribution >= 0.6 is 11.3 Å². The molecule has 0 unspecified atom stereocenters. The van der Waals surface area contributed by atoms with Gasteiger partial charge in [0.25, 0.3) is 5.91 Å². The molecule has 0 aliphatic rings. The van der Waals surface area contributed by atoms with E-state index in [4.69, 9.17) is 10.8 Å². The van der Waals surface area contributed by atoms with Crippen LogP contribution in [0, 0.1) is 5.82 Å². The maximum Gasteiger partial charge on any atom is 0.338 e. The average molecular weight is 309 g/mol. The number of nitrogens with one attached hydrogen (secondary N) is 1. The molecular formula is C13H12FN3O3S. The maximum atomic E-state index is 13.5. The molecule has 0 atom stereocenters. The van der Waals surface area contributed by atoms with Crippen LogP contribution in [0.25, 0.3) is 0 Å². The molecule has 0 saturated carbocycles. The summed E-state index contributed by atoms with van der Waals surface area (Å²) < 4.78 is 13.5. The van der Waals surface area contributed by atoms with Crippen LogP contribution in [0.1, 0.15) is 25.9 Å². The third-order valence-corrected chi connectivity index (χ3v) is 3.51. The minimum atomic E-state index is -1.36. The monoisotopic (exact) mass is 309 g/mol. The van der Waals surface area contributed by atoms with Gasteiger partial charge >= 0.3 is 5.97 Å². The zero-order chi connectivity index (χ0) is 15.4. The Morgan fingerprint density at radius 1 is 1.43 bits per heavy atom. The molecule has 0 spiro atoms. The van der Waals surface area contributed by atoms with Crippen LogP contribution in [0.4, 0.5) is 10.1 Å². The van der Waals surface area contributed by atoms with Crippen molar-refractivity contribution in [3.63, 3.8) is 0 Å². The van der Waals surface area contributed by atoms with Gasteiger partial charge in [0.2, 0.25) is 0 Å². The van der Waals surface area contributed by atoms with Gasteiger partial charge in [0.05, 0.1) is 10.6 Å². The lowest BCUT2D eigenvalue weighted by Crippen LogP contribution is -2.13. The first kappa shape index (κ1) is 15.1. The Morgan fingerprint density at radius 3 is 2.81 bits per heavy atom. The van der Waals surface area contributed by atoms with Crippen LogP contribution in [0.5, 0.6) is 0 Å². The number of hydrogen-bond donors (Lipinski definition) is 3. The van der Waals surface area contributed by atoms with Crippen molar-refractivity contribution in [2.45, 2.75) is 6.42 Å². The Labute approximate surface area is 123 Å². The molecule has 1 aromatic heterocycles. The van der Waals surface area contributed by atoms with Crippen molar-refractivity contribution in [3.8, 4) is 0 Å². The van der Waals surface area contributed by atoms with Crippen LogP contribution in [-0.4, -0.2) is 28.5 Å². The lowest BCUT2D eigenvalue weighted by molar-refractivity contribution is 0.0692. The number of carbonyl (C=O) groups excluding carboxylic acids is 1. The van der Waals surface area contributed by atoms with Gasteiger partial charge in [0, 0.05) is 17.5 Å². The van der Waals surface area contributed by atoms with E-state index in [0.717, 1.165) is 17.1 Å². The molecule has 2 aromatic rings. The quantitative estimate of drug-likeness (QED) is 0.780. The van der Waals surface area contributed by atoms with Crippen LogP contribution in [0.3, 0.4) is 0 Å². The van der Waals surface area contributed by atoms with Gasteiger partial charge in [-0.2, -0.15) is 0 Å². The first-order chi connectivity index (χ1) is 10.0. The molecule has 2 rings (SSSR count). The zero-order valence-electron chi connectivity index (χ0n) is 10.8. The summed E-state index contributed by atoms with van der Waals surface area (Å²) in [6, 6.07) is 3.36. The molecule has 0 radical (unpaired) electrons. The van der Waals surface area contributed by atoms with Crippen LogP contribution in [-0.2, 0) is 6.42 Å². The number of nitrogens with two attached hydrogens (primary N) is 1. The number of carboxylic acids is 1. The predicted octanol–water partition coefficient (Wildman–Crippen LogP) is 1.73. The summed E-state index contributed by atoms with van der Waals surface area (Å²) in [5.74, 6) is -2.77. The highest BCUT2D eigenvalue weighted by Crippen LogP contribution is 2.16. The average Bonchev–Trinajstić information content (AvgIpc) is 2.87. The van der Waals surface area contributed by atoms with Crippen molar-refractivity contribution in [1.29, 1.82) is 0 Å². The fourth-order valence-corrected chi connectivity index (χ4v) is 2.41. The van der Waals surface area contributed by atoms with Crippen molar-refractivity contribution < 1.29 is 19.1 Å². The van der Waals surface area contributed by atoms with E-state index < -0.39 is 23.3 Å². The predicted molar refractivity (Wildman–Crippen MR) is 76.2 cm³/mol. The van der Waals surface area contributed by atoms with Crippen molar-refractivity contribution in [3.05, 3.63) is 45.7 Å². The number of rotatable bonds is 5. The summed E-state index contributed by atoms with van der Waals surface area (Å²) in [5, 5.41) is 13.5. The highest BCUT2D eigenvalue weighted by atomic mass is 32.1. The van der Waals surface area contributed by atoms with Crippen molar-refractivity contribution in [1.82, 2.24) is 4.98 Å². The SMILES string of the molecule is NCCc1nc(C(=O)Nc2ccc(C(=O)O)c(F)c2)cs1. The first-order valence-corrected chi connectivity index (χ1v) is 6.88. The second-order valence-electron chi connectivity index (χ2n) is 4.12. The number of carbonyl (C=O) groups is 2. The molecule has 1 heterocycles. The second kappa shape index (κ2) is 6.42. The molecule has 21 heavy (non-hydrogen) atoms. The fraction of sp³-hybridized carbons (Fsp3) is 0.154. The van der Waals surface area contributed by atoms with E-state index in [0.29, 0.717) is 13.0 Å². The highest BCUT2D eigenvalue weighted by molar-refractivity contribution is 7.09. The van der Waals surface area contributed by atoms with Crippen molar-refractivity contribution >= 4 is 28.9 Å². The lowest BCUT2D eigenvalue weighted by Gasteiger charge is -2.04. The molecule has 8 heteroatoms. The minimum absolute atomic E-state index is 0.163. The zero-order valence-corrected chi connectivity index (χ0v) is 11.6. The smallest absolute Gasteiger partial charge is 0.338 e. The Morgan fingerprint density at radius 2 is 2.19 bits per heavy atom. The molecule has 0 fully saturated rings. The standard InChI is InChI=1S/C13H12FN3O3S/c14-9-5-7(1-2-8(9)13(19)20)16-12(18)10-6-21-11(17-10)3-4-15/h1-2,5-6H,3-4,15H2,(H,16,18)(H,19,20). The molecule has 0 saturated heterocycles. The minimum Gasteiger partial charge on any atom is -0.478 e. The van der Waals surface area contributed by atoms with Gasteiger partial charge in [-0.05, 0) is 24.7 Å². The fourth-order valence-electron chi connectivity index (χ4n) is 1.61. The van der Waals surface area contributed by atoms with Gasteiger partial charge in [-0.25, -0.2) is 14.2 Å². The van der Waals surface area contributed by atoms with E-state index in [-0.39, 0.29) is 11.4 Å². The molecule has 0 aliphatic carbocycles. The Kier molecular flexibility index (Phi) is 4.61. The summed E-state index contributed by atoms with van der Waals surface area (Å²) in [6.45, 7) is 0.441. The summed E-state index contributed by atoms with van der Waals surface area (Å²) in [7, 11) is 0. The van der Waals surface area contributed by atoms with Gasteiger partial charge < -0.3 is 16.2 Å². The number of anilines is 1. The van der Waals surface area contributed by atoms with Crippen LogP contribution in [0.2, 0.25) is 0 Å². The lowest BCUT2D eigenvalue weighted by atomic mass is 10.2. The Hall–Kier alpha value is -2.32. The summed E-state index contributed by atoms with van der Waals surface area (Å²) in [4.78, 5) is 26.7. The number of carboxylic acid groups (broad SMARTS) is 1. The van der Waals surface area contributed by atoms with Crippen molar-refractivity contribution in [2.24, 2.45) is 5.73 Å². The topological polar surface area (TPSA) is 105 Å². The number of aromatic carboxylic acids is 1. The molecular weight excluding hydrogens is 297 g/mol. The molecule has 0 aliphatic heterocycles. The van der Waals surface area contributed by atoms with Gasteiger partial charge in [-0.1, -0.05) is 0 Å². The van der Waals surface area contributed by atoms with Crippen LogP contribution in [0.15, 0.2) is 23.6 Å². The van der Waals surface area contributed by atoms with E-state index in [1.807, 2.05) is 0 Å². The summed E-state index contributed by atoms with van der Waals surface area (Å²) >= 11 is 1.32. The Balaban J connectivity index is 2.11. The third-order valence-electron chi connectivity index (χ3n) is 2.60. The van der Waals surface area contributed by atoms with Gasteiger partial charge in [-0.15, -0.1) is 11.3 Å². The molecule has 110 valence electrons. The maximum absolute atomic E-state index is 13.5. The number of benzene rings is 1. The highest BCUT2D eigenvalue weighted by Gasteiger charge is 2.14. The Bertz CT molecular complexity index is 687. The molecule has 4 N–H and O–H groups in total. The second-order valence-corrected chi connectivity index (χ2v) is 5.06. The van der Waals surface area contributed by atoms with Crippen LogP contribution < -0.4 is 11.1 Å². The van der Waals surface area contributed by atoms with E-state index >= 15 is 0 Å². The molecule has 1 amide bonds. The first-order valence-electron chi connectivity index (χ1n) is 6.00. The molecule has 6 nitrogen and oxygen atoms in total. The summed E-state index contributed by atoms with van der Waals surface area (Å²) in [5.41, 5.74) is 5.33. The van der Waals surface area contributed by atoms with E-state index in [1.165, 1.54) is 17.4 Å². The molecule has 1 aromatic carbocycles. The van der Waals surface area contributed by atoms with Gasteiger partial charge in [-0.3, -0.25) is 4.79 Å². The third kappa shape index (κ3) is 3.61. The normalized spacial score (nSPS) is 10.4. The van der Waals surface area contributed by atoms with Crippen molar-refractivity contribution in [2.75, 3.05) is 11.9 Å². The number of aromatic nitrogens is 1. The number of thiazole rings is 1. The number of amides is 1. The van der Waals surface area contributed by atoms with E-state index in [2.05, 4.69) is 10.3 Å². The number of nitrogens with zero attached hydrogens (tertiary/aromatic N) is 1. The molecule has 0 bridgehead atoms. The van der Waals surface area contributed by atoms with E-state index in [1.54, 1.807) is 5.38 Å². The number of halogens is 1. The van der Waals surface area contributed by atoms with Gasteiger partial charge in [0.1, 0.15) is 11.5 Å². The van der Waals surface area contributed by atoms with Gasteiger partial charge in [0.15, 0.2) is 0 Å². The van der Waals surface area contributed by atoms with E-state index in [9.17, 15) is 14.0 Å². The summed E-state index contributed by atoms with van der Waals surface area (Å²) in [6.07, 6.45) is 0.583. The largest absolute Gasteiger partial charge is 0.478 e.